The third-order valence-corrected chi connectivity index (χ3v) is 11.4. The van der Waals surface area contributed by atoms with Crippen molar-refractivity contribution in [1.29, 1.82) is 0 Å². The van der Waals surface area contributed by atoms with Crippen LogP contribution in [0, 0.1) is 5.92 Å². The first-order valence-corrected chi connectivity index (χ1v) is 16.5. The number of hydrogen-bond donors (Lipinski definition) is 1. The maximum atomic E-state index is 13.9. The topological polar surface area (TPSA) is 108 Å². The summed E-state index contributed by atoms with van der Waals surface area (Å²) in [5, 5.41) is 10.1. The predicted octanol–water partition coefficient (Wildman–Crippen LogP) is 6.06. The molecule has 3 aromatic rings. The molecule has 1 aromatic carbocycles. The number of pyridine rings is 1. The lowest BCUT2D eigenvalue weighted by Crippen LogP contribution is -2.60. The minimum Gasteiger partial charge on any atom is -0.477 e. The Morgan fingerprint density at radius 2 is 1.80 bits per heavy atom. The number of rotatable bonds is 7. The fourth-order valence-electron chi connectivity index (χ4n) is 6.38. The number of anilines is 1. The minimum atomic E-state index is -3.99. The van der Waals surface area contributed by atoms with Crippen LogP contribution in [0.3, 0.4) is 0 Å². The highest BCUT2D eigenvalue weighted by Gasteiger charge is 2.44. The van der Waals surface area contributed by atoms with E-state index in [1.54, 1.807) is 23.1 Å². The van der Waals surface area contributed by atoms with E-state index in [1.165, 1.54) is 10.5 Å². The Kier molecular flexibility index (Phi) is 7.80. The minimum absolute atomic E-state index is 0.0663. The lowest BCUT2D eigenvalue weighted by Gasteiger charge is -2.44. The fraction of sp³-hybridized carbons (Fsp3) is 0.387. The van der Waals surface area contributed by atoms with Gasteiger partial charge in [0.2, 0.25) is 15.9 Å². The van der Waals surface area contributed by atoms with Crippen molar-refractivity contribution in [2.45, 2.75) is 62.3 Å². The monoisotopic (exact) mass is 591 g/mol. The molecule has 8 nitrogen and oxygen atoms in total. The van der Waals surface area contributed by atoms with Crippen molar-refractivity contribution in [1.82, 2.24) is 9.29 Å². The normalized spacial score (nSPS) is 20.8. The second-order valence-electron chi connectivity index (χ2n) is 11.0. The molecule has 0 spiro atoms. The van der Waals surface area contributed by atoms with E-state index in [2.05, 4.69) is 11.1 Å². The molecule has 0 bridgehead atoms. The van der Waals surface area contributed by atoms with Crippen molar-refractivity contribution in [2.75, 3.05) is 18.0 Å². The molecule has 0 radical (unpaired) electrons. The third-order valence-electron chi connectivity index (χ3n) is 8.47. The van der Waals surface area contributed by atoms with Gasteiger partial charge < -0.3 is 10.0 Å². The van der Waals surface area contributed by atoms with Crippen molar-refractivity contribution in [3.05, 3.63) is 71.4 Å². The molecule has 2 aliphatic carbocycles. The van der Waals surface area contributed by atoms with E-state index in [-0.39, 0.29) is 28.8 Å². The molecule has 2 aromatic heterocycles. The van der Waals surface area contributed by atoms with Crippen LogP contribution in [0.25, 0.3) is 16.0 Å². The summed E-state index contributed by atoms with van der Waals surface area (Å²) in [6.07, 6.45) is 11.4. The van der Waals surface area contributed by atoms with Gasteiger partial charge in [0, 0.05) is 17.6 Å². The van der Waals surface area contributed by atoms with E-state index < -0.39 is 27.9 Å². The highest BCUT2D eigenvalue weighted by atomic mass is 32.2. The summed E-state index contributed by atoms with van der Waals surface area (Å²) >= 11 is 1.14. The van der Waals surface area contributed by atoms with Gasteiger partial charge in [-0.3, -0.25) is 9.78 Å². The molecule has 1 amide bonds. The molecule has 1 aliphatic heterocycles. The first-order chi connectivity index (χ1) is 19.8. The zero-order valence-electron chi connectivity index (χ0n) is 22.7. The first-order valence-electron chi connectivity index (χ1n) is 14.2. The highest BCUT2D eigenvalue weighted by Crippen LogP contribution is 2.42. The lowest BCUT2D eigenvalue weighted by molar-refractivity contribution is -0.121. The third kappa shape index (κ3) is 5.48. The molecule has 2 fully saturated rings. The van der Waals surface area contributed by atoms with Crippen LogP contribution < -0.4 is 4.90 Å². The van der Waals surface area contributed by atoms with E-state index in [0.29, 0.717) is 5.69 Å². The van der Waals surface area contributed by atoms with Crippen molar-refractivity contribution in [3.63, 3.8) is 0 Å². The lowest BCUT2D eigenvalue weighted by atomic mass is 9.82. The second-order valence-corrected chi connectivity index (χ2v) is 14.0. The van der Waals surface area contributed by atoms with Crippen LogP contribution >= 0.6 is 11.3 Å². The number of carbonyl (C=O) groups excluding carboxylic acids is 1. The molecular formula is C31H33N3O5S2. The van der Waals surface area contributed by atoms with Crippen molar-refractivity contribution < 1.29 is 23.1 Å². The number of nitrogens with zero attached hydrogens (tertiary/aromatic N) is 3. The number of carboxylic acids is 1. The molecular weight excluding hydrogens is 558 g/mol. The second kappa shape index (κ2) is 11.5. The van der Waals surface area contributed by atoms with E-state index in [4.69, 9.17) is 0 Å². The molecule has 3 heterocycles. The first kappa shape index (κ1) is 27.8. The number of allylic oxidation sites excluding steroid dienone is 2. The van der Waals surface area contributed by atoms with Gasteiger partial charge in [0.15, 0.2) is 0 Å². The summed E-state index contributed by atoms with van der Waals surface area (Å²) in [6, 6.07) is 14.1. The van der Waals surface area contributed by atoms with Crippen LogP contribution in [-0.4, -0.2) is 53.8 Å². The smallest absolute Gasteiger partial charge is 0.348 e. The van der Waals surface area contributed by atoms with Gasteiger partial charge in [-0.25, -0.2) is 13.2 Å². The van der Waals surface area contributed by atoms with Gasteiger partial charge in [-0.15, -0.1) is 11.3 Å². The Labute approximate surface area is 244 Å². The average molecular weight is 592 g/mol. The molecule has 214 valence electrons. The van der Waals surface area contributed by atoms with Crippen molar-refractivity contribution in [2.24, 2.45) is 5.92 Å². The zero-order valence-corrected chi connectivity index (χ0v) is 24.4. The number of carbonyl (C=O) groups is 2. The number of hydrogen-bond acceptors (Lipinski definition) is 6. The number of thiophene rings is 1. The largest absolute Gasteiger partial charge is 0.477 e. The van der Waals surface area contributed by atoms with Crippen LogP contribution in [-0.2, 0) is 14.8 Å². The Balaban J connectivity index is 1.35. The quantitative estimate of drug-likeness (QED) is 0.358. The van der Waals surface area contributed by atoms with Crippen molar-refractivity contribution in [3.8, 4) is 10.4 Å². The summed E-state index contributed by atoms with van der Waals surface area (Å²) in [5.74, 6) is -1.43. The van der Waals surface area contributed by atoms with Gasteiger partial charge >= 0.3 is 5.97 Å². The molecule has 1 saturated carbocycles. The van der Waals surface area contributed by atoms with Crippen LogP contribution in [0.5, 0.6) is 0 Å². The highest BCUT2D eigenvalue weighted by molar-refractivity contribution is 7.89. The molecule has 1 saturated heterocycles. The number of benzene rings is 1. The molecule has 10 heteroatoms. The van der Waals surface area contributed by atoms with E-state index >= 15 is 0 Å². The number of piperazine rings is 1. The Hall–Kier alpha value is -3.34. The van der Waals surface area contributed by atoms with E-state index in [1.807, 2.05) is 30.3 Å². The molecule has 3 aliphatic rings. The van der Waals surface area contributed by atoms with Crippen molar-refractivity contribution >= 4 is 44.5 Å². The Morgan fingerprint density at radius 1 is 1.02 bits per heavy atom. The summed E-state index contributed by atoms with van der Waals surface area (Å²) in [7, 11) is -3.99. The summed E-state index contributed by atoms with van der Waals surface area (Å²) < 4.78 is 28.9. The molecule has 0 unspecified atom stereocenters. The summed E-state index contributed by atoms with van der Waals surface area (Å²) in [5.41, 5.74) is 3.15. The Morgan fingerprint density at radius 3 is 2.46 bits per heavy atom. The number of aromatic nitrogens is 1. The predicted molar refractivity (Wildman–Crippen MR) is 159 cm³/mol. The van der Waals surface area contributed by atoms with Crippen LogP contribution in [0.1, 0.15) is 66.7 Å². The molecule has 41 heavy (non-hydrogen) atoms. The number of sulfonamides is 1. The van der Waals surface area contributed by atoms with E-state index in [9.17, 15) is 23.1 Å². The van der Waals surface area contributed by atoms with Crippen LogP contribution in [0.15, 0.2) is 65.7 Å². The van der Waals surface area contributed by atoms with Crippen LogP contribution in [0.2, 0.25) is 0 Å². The number of aromatic carboxylic acids is 1. The van der Waals surface area contributed by atoms with Crippen LogP contribution in [0.4, 0.5) is 5.69 Å². The fourth-order valence-corrected chi connectivity index (χ4v) is 8.72. The summed E-state index contributed by atoms with van der Waals surface area (Å²) in [4.78, 5) is 33.2. The molecule has 6 rings (SSSR count). The summed E-state index contributed by atoms with van der Waals surface area (Å²) in [6.45, 7) is -0.241. The maximum absolute atomic E-state index is 13.9. The van der Waals surface area contributed by atoms with Gasteiger partial charge in [0.25, 0.3) is 0 Å². The van der Waals surface area contributed by atoms with E-state index in [0.717, 1.165) is 84.4 Å². The Bertz CT molecular complexity index is 1580. The number of amides is 1. The van der Waals surface area contributed by atoms with Gasteiger partial charge in [-0.05, 0) is 67.4 Å². The molecule has 1 atom stereocenters. The van der Waals surface area contributed by atoms with Gasteiger partial charge in [0.05, 0.1) is 24.0 Å². The zero-order chi connectivity index (χ0) is 28.6. The van der Waals surface area contributed by atoms with Gasteiger partial charge in [-0.2, -0.15) is 4.31 Å². The van der Waals surface area contributed by atoms with Gasteiger partial charge in [0.1, 0.15) is 9.77 Å². The SMILES string of the molecule is O=C(O)c1sc(-c2ccccc2)cc1N1C(=O)CN(S(=O)(=O)c2ccc(C3=CCCC3)nc2)C[C@H]1C1CCCCC1. The number of carboxylic acid groups (broad SMARTS) is 1. The molecule has 1 N–H and O–H groups in total. The standard InChI is InChI=1S/C31H33N3O5S2/c35-29-20-33(41(38,39)24-15-16-25(32-18-24)21-9-7-8-10-21)19-27(22-11-3-1-4-12-22)34(29)26-17-28(40-30(26)31(36)37)23-13-5-2-6-14-23/h2,5-6,9,13-18,22,27H,1,3-4,7-8,10-12,19-20H2,(H,36,37)/t27-/m0/s1. The van der Waals surface area contributed by atoms with Gasteiger partial charge in [-0.1, -0.05) is 55.7 Å². The maximum Gasteiger partial charge on any atom is 0.348 e. The average Bonchev–Trinajstić information content (AvgIpc) is 3.69.